The first-order chi connectivity index (χ1) is 10.9. The minimum atomic E-state index is -1.34. The summed E-state index contributed by atoms with van der Waals surface area (Å²) in [6.45, 7) is 1.85. The number of aliphatic hydroxyl groups excluding tert-OH is 1. The molecule has 5 atom stereocenters. The van der Waals surface area contributed by atoms with Gasteiger partial charge in [-0.25, -0.2) is 4.39 Å². The molecule has 4 rings (SSSR count). The van der Waals surface area contributed by atoms with Gasteiger partial charge in [0.05, 0.1) is 12.0 Å². The second kappa shape index (κ2) is 4.75. The molecule has 0 heterocycles. The summed E-state index contributed by atoms with van der Waals surface area (Å²) in [5.41, 5.74) is -1.63. The van der Waals surface area contributed by atoms with E-state index in [2.05, 4.69) is 0 Å². The average Bonchev–Trinajstić information content (AvgIpc) is 2.86. The number of allylic oxidation sites excluding steroid dienone is 1. The second-order valence-electron chi connectivity index (χ2n) is 8.36. The summed E-state index contributed by atoms with van der Waals surface area (Å²) in [6, 6.07) is 0. The van der Waals surface area contributed by atoms with Crippen molar-refractivity contribution in [3.63, 3.8) is 0 Å². The highest BCUT2D eigenvalue weighted by Crippen LogP contribution is 2.67. The lowest BCUT2D eigenvalue weighted by Gasteiger charge is -2.60. The van der Waals surface area contributed by atoms with Gasteiger partial charge in [-0.2, -0.15) is 0 Å². The summed E-state index contributed by atoms with van der Waals surface area (Å²) in [5, 5.41) is 9.93. The molecule has 0 spiro atoms. The Morgan fingerprint density at radius 1 is 1.13 bits per heavy atom. The van der Waals surface area contributed by atoms with Crippen molar-refractivity contribution in [3.8, 4) is 0 Å². The summed E-state index contributed by atoms with van der Waals surface area (Å²) >= 11 is 0. The lowest BCUT2D eigenvalue weighted by Crippen LogP contribution is -2.61. The minimum absolute atomic E-state index is 0.0326. The van der Waals surface area contributed by atoms with Crippen molar-refractivity contribution in [1.29, 1.82) is 0 Å². The van der Waals surface area contributed by atoms with E-state index in [1.807, 2.05) is 6.92 Å². The standard InChI is InChI=1S/C19H25FO3/c1-17-7-6-13(22)10-12(17)2-3-15-14-4-5-16(23)18(14,11-21)8-9-19(15,17)20/h10,14-15,21H,2-9,11H2,1H3/t14-,15-,17-,18+,19+/m0/s1. The van der Waals surface area contributed by atoms with Crippen LogP contribution in [0.5, 0.6) is 0 Å². The molecule has 3 fully saturated rings. The normalized spacial score (nSPS) is 49.3. The molecule has 0 aromatic heterocycles. The van der Waals surface area contributed by atoms with E-state index in [0.717, 1.165) is 12.0 Å². The van der Waals surface area contributed by atoms with E-state index in [0.29, 0.717) is 44.9 Å². The quantitative estimate of drug-likeness (QED) is 0.807. The summed E-state index contributed by atoms with van der Waals surface area (Å²) in [5.74, 6) is 0.0633. The van der Waals surface area contributed by atoms with Gasteiger partial charge in [0.25, 0.3) is 0 Å². The highest BCUT2D eigenvalue weighted by molar-refractivity contribution is 5.92. The maximum atomic E-state index is 16.4. The molecule has 0 aliphatic heterocycles. The number of hydrogen-bond donors (Lipinski definition) is 1. The highest BCUT2D eigenvalue weighted by atomic mass is 19.1. The highest BCUT2D eigenvalue weighted by Gasteiger charge is 2.68. The van der Waals surface area contributed by atoms with Crippen molar-refractivity contribution in [1.82, 2.24) is 0 Å². The van der Waals surface area contributed by atoms with Gasteiger partial charge in [0.2, 0.25) is 0 Å². The van der Waals surface area contributed by atoms with Crippen molar-refractivity contribution in [2.24, 2.45) is 22.7 Å². The molecule has 1 N–H and O–H groups in total. The number of aliphatic hydroxyl groups is 1. The van der Waals surface area contributed by atoms with E-state index in [1.165, 1.54) is 0 Å². The number of carbonyl (C=O) groups excluding carboxylic acids is 2. The smallest absolute Gasteiger partial charge is 0.155 e. The molecule has 0 amide bonds. The van der Waals surface area contributed by atoms with Crippen LogP contribution in [-0.4, -0.2) is 28.9 Å². The Morgan fingerprint density at radius 2 is 1.87 bits per heavy atom. The molecule has 3 nitrogen and oxygen atoms in total. The lowest BCUT2D eigenvalue weighted by atomic mass is 9.45. The van der Waals surface area contributed by atoms with Crippen LogP contribution in [0.2, 0.25) is 0 Å². The van der Waals surface area contributed by atoms with Gasteiger partial charge in [-0.15, -0.1) is 0 Å². The van der Waals surface area contributed by atoms with Gasteiger partial charge < -0.3 is 5.11 Å². The zero-order valence-corrected chi connectivity index (χ0v) is 13.7. The molecule has 0 bridgehead atoms. The molecule has 0 saturated heterocycles. The monoisotopic (exact) mass is 320 g/mol. The first-order valence-corrected chi connectivity index (χ1v) is 8.94. The van der Waals surface area contributed by atoms with Gasteiger partial charge in [0.15, 0.2) is 5.78 Å². The summed E-state index contributed by atoms with van der Waals surface area (Å²) < 4.78 is 16.4. The minimum Gasteiger partial charge on any atom is -0.395 e. The zero-order valence-electron chi connectivity index (χ0n) is 13.7. The van der Waals surface area contributed by atoms with Crippen LogP contribution in [0.25, 0.3) is 0 Å². The Kier molecular flexibility index (Phi) is 3.20. The molecule has 4 aliphatic rings. The lowest BCUT2D eigenvalue weighted by molar-refractivity contribution is -0.161. The molecule has 0 aromatic carbocycles. The molecule has 0 aromatic rings. The second-order valence-corrected chi connectivity index (χ2v) is 8.36. The first kappa shape index (κ1) is 15.5. The molecule has 126 valence electrons. The molecular formula is C19H25FO3. The molecule has 0 radical (unpaired) electrons. The SMILES string of the molecule is C[C@]12CCC(=O)C=C1CC[C@H]1[C@@H]3CCC(=O)[C@@]3(CO)CC[C@@]12F. The molecule has 4 heteroatoms. The molecule has 23 heavy (non-hydrogen) atoms. The number of fused-ring (bicyclic) bond motifs is 5. The zero-order chi connectivity index (χ0) is 16.5. The molecular weight excluding hydrogens is 295 g/mol. The average molecular weight is 320 g/mol. The van der Waals surface area contributed by atoms with Crippen LogP contribution in [0.1, 0.15) is 58.3 Å². The third-order valence-electron chi connectivity index (χ3n) is 7.80. The Bertz CT molecular complexity index is 612. The van der Waals surface area contributed by atoms with Crippen LogP contribution >= 0.6 is 0 Å². The summed E-state index contributed by atoms with van der Waals surface area (Å²) in [4.78, 5) is 24.2. The maximum absolute atomic E-state index is 16.4. The number of carbonyl (C=O) groups is 2. The van der Waals surface area contributed by atoms with Crippen molar-refractivity contribution in [2.75, 3.05) is 6.61 Å². The number of rotatable bonds is 1. The number of Topliss-reactive ketones (excluding diaryl/α,β-unsaturated/α-hetero) is 1. The number of hydrogen-bond acceptors (Lipinski definition) is 3. The Hall–Kier alpha value is -1.03. The fourth-order valence-corrected chi connectivity index (χ4v) is 6.33. The molecule has 0 unspecified atom stereocenters. The summed E-state index contributed by atoms with van der Waals surface area (Å²) in [6.07, 6.45) is 6.13. The number of ketones is 2. The van der Waals surface area contributed by atoms with Crippen LogP contribution < -0.4 is 0 Å². The van der Waals surface area contributed by atoms with Crippen LogP contribution in [0.4, 0.5) is 4.39 Å². The van der Waals surface area contributed by atoms with Crippen LogP contribution in [-0.2, 0) is 9.59 Å². The van der Waals surface area contributed by atoms with Crippen LogP contribution in [0.3, 0.4) is 0 Å². The van der Waals surface area contributed by atoms with E-state index in [4.69, 9.17) is 0 Å². The molecule has 3 saturated carbocycles. The fraction of sp³-hybridized carbons (Fsp3) is 0.789. The Labute approximate surface area is 136 Å². The van der Waals surface area contributed by atoms with Crippen LogP contribution in [0, 0.1) is 22.7 Å². The van der Waals surface area contributed by atoms with Gasteiger partial charge in [0, 0.05) is 18.3 Å². The predicted octanol–water partition coefficient (Wildman–Crippen LogP) is 3.15. The van der Waals surface area contributed by atoms with E-state index < -0.39 is 16.5 Å². The summed E-state index contributed by atoms with van der Waals surface area (Å²) in [7, 11) is 0. The Balaban J connectivity index is 1.77. The van der Waals surface area contributed by atoms with Crippen molar-refractivity contribution in [2.45, 2.75) is 64.0 Å². The molecule has 4 aliphatic carbocycles. The van der Waals surface area contributed by atoms with Crippen molar-refractivity contribution < 1.29 is 19.1 Å². The number of alkyl halides is 1. The maximum Gasteiger partial charge on any atom is 0.155 e. The van der Waals surface area contributed by atoms with Crippen LogP contribution in [0.15, 0.2) is 11.6 Å². The van der Waals surface area contributed by atoms with Crippen molar-refractivity contribution >= 4 is 11.6 Å². The van der Waals surface area contributed by atoms with Gasteiger partial charge >= 0.3 is 0 Å². The van der Waals surface area contributed by atoms with E-state index >= 15 is 4.39 Å². The first-order valence-electron chi connectivity index (χ1n) is 8.94. The number of halogens is 1. The topological polar surface area (TPSA) is 54.4 Å². The van der Waals surface area contributed by atoms with E-state index in [-0.39, 0.29) is 30.0 Å². The van der Waals surface area contributed by atoms with Gasteiger partial charge in [-0.3, -0.25) is 9.59 Å². The van der Waals surface area contributed by atoms with Crippen molar-refractivity contribution in [3.05, 3.63) is 11.6 Å². The van der Waals surface area contributed by atoms with Gasteiger partial charge in [-0.05, 0) is 56.4 Å². The fourth-order valence-electron chi connectivity index (χ4n) is 6.33. The largest absolute Gasteiger partial charge is 0.395 e. The predicted molar refractivity (Wildman–Crippen MR) is 83.5 cm³/mol. The van der Waals surface area contributed by atoms with E-state index in [9.17, 15) is 14.7 Å². The Morgan fingerprint density at radius 3 is 2.61 bits per heavy atom. The van der Waals surface area contributed by atoms with Gasteiger partial charge in [-0.1, -0.05) is 12.5 Å². The van der Waals surface area contributed by atoms with Gasteiger partial charge in [0.1, 0.15) is 11.5 Å². The third kappa shape index (κ3) is 1.73. The third-order valence-corrected chi connectivity index (χ3v) is 7.80. The van der Waals surface area contributed by atoms with E-state index in [1.54, 1.807) is 6.08 Å².